The summed E-state index contributed by atoms with van der Waals surface area (Å²) in [6.45, 7) is 1.45. The van der Waals surface area contributed by atoms with E-state index in [2.05, 4.69) is 4.74 Å². The number of benzene rings is 1. The first-order valence-corrected chi connectivity index (χ1v) is 8.46. The quantitative estimate of drug-likeness (QED) is 0.145. The van der Waals surface area contributed by atoms with Crippen LogP contribution in [0.4, 0.5) is 0 Å². The molecule has 0 aromatic heterocycles. The van der Waals surface area contributed by atoms with E-state index in [4.69, 9.17) is 4.74 Å². The average Bonchev–Trinajstić information content (AvgIpc) is 2.65. The molecule has 0 saturated heterocycles. The lowest BCUT2D eigenvalue weighted by atomic mass is 9.83. The molecule has 154 valence electrons. The topological polar surface area (TPSA) is 151 Å². The Hall–Kier alpha value is -2.91. The third-order valence-electron chi connectivity index (χ3n) is 4.21. The van der Waals surface area contributed by atoms with Crippen molar-refractivity contribution in [2.75, 3.05) is 13.7 Å². The van der Waals surface area contributed by atoms with Crippen molar-refractivity contribution in [2.45, 2.75) is 26.1 Å². The van der Waals surface area contributed by atoms with Gasteiger partial charge in [0.1, 0.15) is 12.2 Å². The molecule has 0 aliphatic rings. The Morgan fingerprint density at radius 3 is 2.36 bits per heavy atom. The van der Waals surface area contributed by atoms with E-state index in [-0.39, 0.29) is 30.1 Å². The molecule has 4 N–H and O–H groups in total. The number of rotatable bonds is 10. The van der Waals surface area contributed by atoms with Crippen molar-refractivity contribution in [1.82, 2.24) is 0 Å². The zero-order valence-corrected chi connectivity index (χ0v) is 15.6. The number of phenols is 2. The summed E-state index contributed by atoms with van der Waals surface area (Å²) in [5.41, 5.74) is 0.642. The number of aromatic hydroxyl groups is 2. The summed E-state index contributed by atoms with van der Waals surface area (Å²) in [7, 11) is 1.05. The second-order valence-corrected chi connectivity index (χ2v) is 5.97. The van der Waals surface area contributed by atoms with Crippen molar-refractivity contribution in [3.8, 4) is 11.5 Å². The number of aldehydes is 1. The summed E-state index contributed by atoms with van der Waals surface area (Å²) in [6.07, 6.45) is -0.549. The summed E-state index contributed by atoms with van der Waals surface area (Å²) in [6, 6.07) is 4.17. The van der Waals surface area contributed by atoms with E-state index < -0.39 is 36.5 Å². The highest BCUT2D eigenvalue weighted by Gasteiger charge is 2.38. The van der Waals surface area contributed by atoms with E-state index in [1.165, 1.54) is 25.1 Å². The highest BCUT2D eigenvalue weighted by molar-refractivity contribution is 5.82. The van der Waals surface area contributed by atoms with Crippen molar-refractivity contribution in [3.05, 3.63) is 35.4 Å². The van der Waals surface area contributed by atoms with Crippen LogP contribution in [0.2, 0.25) is 0 Å². The van der Waals surface area contributed by atoms with Crippen LogP contribution in [0.25, 0.3) is 0 Å². The minimum Gasteiger partial charge on any atom is -0.504 e. The number of hydrogen-bond acceptors (Lipinski definition) is 9. The van der Waals surface area contributed by atoms with Crippen LogP contribution in [0.1, 0.15) is 18.9 Å². The normalized spacial score (nSPS) is 13.7. The van der Waals surface area contributed by atoms with E-state index in [9.17, 15) is 34.8 Å². The fourth-order valence-electron chi connectivity index (χ4n) is 2.70. The third-order valence-corrected chi connectivity index (χ3v) is 4.21. The number of esters is 2. The molecule has 0 amide bonds. The molecule has 0 radical (unpaired) electrons. The molecule has 0 fully saturated rings. The summed E-state index contributed by atoms with van der Waals surface area (Å²) in [4.78, 5) is 35.3. The molecule has 1 aromatic carbocycles. The van der Waals surface area contributed by atoms with Gasteiger partial charge in [0.05, 0.1) is 20.1 Å². The maximum atomic E-state index is 12.2. The molecule has 0 spiro atoms. The van der Waals surface area contributed by atoms with Gasteiger partial charge in [-0.3, -0.25) is 14.4 Å². The minimum atomic E-state index is -2.14. The number of hydrogen-bond donors (Lipinski definition) is 4. The van der Waals surface area contributed by atoms with Crippen LogP contribution in [-0.4, -0.2) is 58.7 Å². The predicted molar refractivity (Wildman–Crippen MR) is 96.1 cm³/mol. The van der Waals surface area contributed by atoms with Crippen LogP contribution < -0.4 is 0 Å². The van der Waals surface area contributed by atoms with Crippen molar-refractivity contribution < 1.29 is 44.3 Å². The maximum Gasteiger partial charge on any atom is 0.314 e. The van der Waals surface area contributed by atoms with Crippen LogP contribution in [0.15, 0.2) is 29.8 Å². The van der Waals surface area contributed by atoms with E-state index in [0.29, 0.717) is 11.8 Å². The number of aliphatic hydroxyl groups excluding tert-OH is 1. The lowest BCUT2D eigenvalue weighted by Gasteiger charge is -2.26. The van der Waals surface area contributed by atoms with Gasteiger partial charge in [-0.05, 0) is 30.2 Å². The molecule has 1 aromatic rings. The minimum absolute atomic E-state index is 0.0314. The van der Waals surface area contributed by atoms with Crippen molar-refractivity contribution in [2.24, 2.45) is 11.8 Å². The van der Waals surface area contributed by atoms with Crippen LogP contribution in [0.5, 0.6) is 11.5 Å². The van der Waals surface area contributed by atoms with Crippen LogP contribution in [-0.2, 0) is 30.3 Å². The van der Waals surface area contributed by atoms with Gasteiger partial charge in [0.25, 0.3) is 0 Å². The Labute approximate surface area is 161 Å². The van der Waals surface area contributed by atoms with Crippen LogP contribution in [0, 0.1) is 11.8 Å². The first-order chi connectivity index (χ1) is 13.2. The van der Waals surface area contributed by atoms with Gasteiger partial charge in [-0.25, -0.2) is 0 Å². The van der Waals surface area contributed by atoms with E-state index >= 15 is 0 Å². The fraction of sp³-hybridized carbons (Fsp3) is 0.421. The average molecular weight is 396 g/mol. The Morgan fingerprint density at radius 1 is 1.18 bits per heavy atom. The van der Waals surface area contributed by atoms with Gasteiger partial charge in [-0.1, -0.05) is 12.1 Å². The molecular weight excluding hydrogens is 372 g/mol. The molecule has 1 rings (SSSR count). The first-order valence-electron chi connectivity index (χ1n) is 8.46. The molecule has 28 heavy (non-hydrogen) atoms. The molecule has 0 aliphatic carbocycles. The Bertz CT molecular complexity index is 724. The molecule has 2 atom stereocenters. The number of aliphatic hydroxyl groups is 2. The molecule has 0 heterocycles. The van der Waals surface area contributed by atoms with Crippen molar-refractivity contribution in [1.29, 1.82) is 0 Å². The lowest BCUT2D eigenvalue weighted by molar-refractivity contribution is -0.167. The zero-order chi connectivity index (χ0) is 21.3. The number of carbonyl (C=O) groups is 3. The standard InChI is InChI=1S/C19H24O9/c1-3-12(10-20)13(17(18(24)25)19(26)27-2)9-16(23)28-7-6-11-4-5-14(21)15(22)8-11/h3-5,8,10,13,17-18,21-22,24-25H,6-7,9H2,1-2H3/b12-3+/t13-,17+/m1/s1. The Balaban J connectivity index is 2.81. The van der Waals surface area contributed by atoms with Gasteiger partial charge in [0, 0.05) is 12.3 Å². The molecule has 0 aliphatic heterocycles. The smallest absolute Gasteiger partial charge is 0.314 e. The van der Waals surface area contributed by atoms with Gasteiger partial charge >= 0.3 is 11.9 Å². The second-order valence-electron chi connectivity index (χ2n) is 5.97. The predicted octanol–water partition coefficient (Wildman–Crippen LogP) is 0.435. The number of ether oxygens (including phenoxy) is 2. The number of allylic oxidation sites excluding steroid dienone is 2. The SMILES string of the molecule is C/C=C(\C=O)[C@@H](CC(=O)OCCc1ccc(O)c(O)c1)[C@H](C(=O)OC)C(O)O. The Morgan fingerprint density at radius 2 is 1.86 bits per heavy atom. The van der Waals surface area contributed by atoms with E-state index in [1.807, 2.05) is 0 Å². The fourth-order valence-corrected chi connectivity index (χ4v) is 2.70. The number of phenolic OH excluding ortho intramolecular Hbond substituents is 2. The number of methoxy groups -OCH3 is 1. The molecule has 0 bridgehead atoms. The van der Waals surface area contributed by atoms with Gasteiger partial charge in [-0.2, -0.15) is 0 Å². The van der Waals surface area contributed by atoms with Crippen molar-refractivity contribution in [3.63, 3.8) is 0 Å². The van der Waals surface area contributed by atoms with Crippen LogP contribution in [0.3, 0.4) is 0 Å². The third kappa shape index (κ3) is 6.36. The molecule has 9 heteroatoms. The summed E-state index contributed by atoms with van der Waals surface area (Å²) < 4.78 is 9.62. The van der Waals surface area contributed by atoms with E-state index in [0.717, 1.165) is 7.11 Å². The molecule has 0 unspecified atom stereocenters. The zero-order valence-electron chi connectivity index (χ0n) is 15.6. The number of carbonyl (C=O) groups excluding carboxylic acids is 3. The van der Waals surface area contributed by atoms with E-state index in [1.54, 1.807) is 6.07 Å². The van der Waals surface area contributed by atoms with Gasteiger partial charge < -0.3 is 29.9 Å². The maximum absolute atomic E-state index is 12.2. The summed E-state index contributed by atoms with van der Waals surface area (Å²) in [5, 5.41) is 37.8. The second kappa shape index (κ2) is 11.1. The Kier molecular flexibility index (Phi) is 9.13. The monoisotopic (exact) mass is 396 g/mol. The summed E-state index contributed by atoms with van der Waals surface area (Å²) >= 11 is 0. The lowest BCUT2D eigenvalue weighted by Crippen LogP contribution is -2.38. The van der Waals surface area contributed by atoms with Gasteiger partial charge in [0.2, 0.25) is 0 Å². The largest absolute Gasteiger partial charge is 0.504 e. The summed E-state index contributed by atoms with van der Waals surface area (Å²) in [5.74, 6) is -4.99. The molecule has 9 nitrogen and oxygen atoms in total. The highest BCUT2D eigenvalue weighted by atomic mass is 16.5. The molecular formula is C19H24O9. The van der Waals surface area contributed by atoms with Crippen molar-refractivity contribution >= 4 is 18.2 Å². The highest BCUT2D eigenvalue weighted by Crippen LogP contribution is 2.28. The van der Waals surface area contributed by atoms with Gasteiger partial charge in [0.15, 0.2) is 17.8 Å². The van der Waals surface area contributed by atoms with Crippen LogP contribution >= 0.6 is 0 Å². The first kappa shape index (κ1) is 23.1. The van der Waals surface area contributed by atoms with Gasteiger partial charge in [-0.15, -0.1) is 0 Å². The molecule has 0 saturated carbocycles.